The number of amides is 1. The first-order chi connectivity index (χ1) is 11.5. The normalized spacial score (nSPS) is 14.2. The molecule has 1 saturated heterocycles. The van der Waals surface area contributed by atoms with Crippen molar-refractivity contribution in [1.29, 1.82) is 0 Å². The second-order valence-corrected chi connectivity index (χ2v) is 6.39. The SMILES string of the molecule is C#Cc1c(F)ccc2cc(OC(=O)N3CCCC3)cc(C(C)C)c12. The summed E-state index contributed by atoms with van der Waals surface area (Å²) in [6.45, 7) is 5.48. The molecule has 0 radical (unpaired) electrons. The van der Waals surface area contributed by atoms with Crippen LogP contribution in [0.2, 0.25) is 0 Å². The van der Waals surface area contributed by atoms with Crippen molar-refractivity contribution in [3.05, 3.63) is 41.2 Å². The summed E-state index contributed by atoms with van der Waals surface area (Å²) >= 11 is 0. The van der Waals surface area contributed by atoms with Crippen molar-refractivity contribution in [1.82, 2.24) is 4.90 Å². The number of nitrogens with zero attached hydrogens (tertiary/aromatic N) is 1. The van der Waals surface area contributed by atoms with Gasteiger partial charge in [0.1, 0.15) is 11.6 Å². The lowest BCUT2D eigenvalue weighted by molar-refractivity contribution is 0.163. The predicted molar refractivity (Wildman–Crippen MR) is 92.8 cm³/mol. The van der Waals surface area contributed by atoms with Gasteiger partial charge in [0.05, 0.1) is 5.56 Å². The Morgan fingerprint density at radius 2 is 2.00 bits per heavy atom. The molecule has 1 amide bonds. The lowest BCUT2D eigenvalue weighted by Gasteiger charge is -2.18. The number of fused-ring (bicyclic) bond motifs is 1. The topological polar surface area (TPSA) is 29.5 Å². The first kappa shape index (κ1) is 16.3. The Balaban J connectivity index is 2.06. The van der Waals surface area contributed by atoms with Gasteiger partial charge < -0.3 is 9.64 Å². The Labute approximate surface area is 141 Å². The molecule has 3 rings (SSSR count). The highest BCUT2D eigenvalue weighted by Crippen LogP contribution is 2.34. The molecule has 1 heterocycles. The molecule has 0 saturated carbocycles. The second-order valence-electron chi connectivity index (χ2n) is 6.39. The molecule has 124 valence electrons. The van der Waals surface area contributed by atoms with Gasteiger partial charge in [0.25, 0.3) is 0 Å². The highest BCUT2D eigenvalue weighted by molar-refractivity contribution is 5.93. The summed E-state index contributed by atoms with van der Waals surface area (Å²) in [6, 6.07) is 6.56. The molecule has 0 unspecified atom stereocenters. The Morgan fingerprint density at radius 3 is 2.62 bits per heavy atom. The average molecular weight is 325 g/mol. The van der Waals surface area contributed by atoms with Crippen molar-refractivity contribution < 1.29 is 13.9 Å². The molecule has 1 aliphatic rings. The third-order valence-corrected chi connectivity index (χ3v) is 4.41. The van der Waals surface area contributed by atoms with Crippen molar-refractivity contribution in [2.24, 2.45) is 0 Å². The molecule has 4 heteroatoms. The van der Waals surface area contributed by atoms with Crippen molar-refractivity contribution in [3.63, 3.8) is 0 Å². The molecule has 0 bridgehead atoms. The van der Waals surface area contributed by atoms with Crippen molar-refractivity contribution in [2.45, 2.75) is 32.6 Å². The number of carbonyl (C=O) groups is 1. The van der Waals surface area contributed by atoms with E-state index in [-0.39, 0.29) is 17.6 Å². The maximum absolute atomic E-state index is 14.0. The number of rotatable bonds is 2. The van der Waals surface area contributed by atoms with Crippen molar-refractivity contribution in [2.75, 3.05) is 13.1 Å². The van der Waals surface area contributed by atoms with Gasteiger partial charge in [0.15, 0.2) is 0 Å². The largest absolute Gasteiger partial charge is 0.415 e. The summed E-state index contributed by atoms with van der Waals surface area (Å²) in [4.78, 5) is 13.9. The third-order valence-electron chi connectivity index (χ3n) is 4.41. The van der Waals surface area contributed by atoms with E-state index in [1.54, 1.807) is 23.1 Å². The zero-order valence-electron chi connectivity index (χ0n) is 13.9. The van der Waals surface area contributed by atoms with Crippen LogP contribution in [0.5, 0.6) is 5.75 Å². The van der Waals surface area contributed by atoms with Gasteiger partial charge >= 0.3 is 6.09 Å². The molecule has 2 aromatic carbocycles. The smallest absolute Gasteiger partial charge is 0.410 e. The van der Waals surface area contributed by atoms with Gasteiger partial charge in [-0.3, -0.25) is 0 Å². The van der Waals surface area contributed by atoms with E-state index in [0.29, 0.717) is 11.1 Å². The summed E-state index contributed by atoms with van der Waals surface area (Å²) in [6.07, 6.45) is 7.19. The number of likely N-dealkylation sites (tertiary alicyclic amines) is 1. The van der Waals surface area contributed by atoms with Gasteiger partial charge in [-0.2, -0.15) is 0 Å². The number of benzene rings is 2. The minimum Gasteiger partial charge on any atom is -0.410 e. The minimum atomic E-state index is -0.409. The molecule has 1 fully saturated rings. The molecular weight excluding hydrogens is 305 g/mol. The second kappa shape index (κ2) is 6.52. The molecule has 0 spiro atoms. The summed E-state index contributed by atoms with van der Waals surface area (Å²) in [5.41, 5.74) is 1.14. The maximum Gasteiger partial charge on any atom is 0.415 e. The van der Waals surface area contributed by atoms with Crippen molar-refractivity contribution >= 4 is 16.9 Å². The van der Waals surface area contributed by atoms with Gasteiger partial charge in [0, 0.05) is 18.5 Å². The highest BCUT2D eigenvalue weighted by atomic mass is 19.1. The number of ether oxygens (including phenoxy) is 1. The zero-order valence-corrected chi connectivity index (χ0v) is 13.9. The van der Waals surface area contributed by atoms with Crippen LogP contribution in [0.15, 0.2) is 24.3 Å². The van der Waals surface area contributed by atoms with Crippen LogP contribution in [0, 0.1) is 18.2 Å². The molecule has 2 aromatic rings. The Hall–Kier alpha value is -2.54. The molecule has 0 atom stereocenters. The van der Waals surface area contributed by atoms with Crippen LogP contribution in [0.4, 0.5) is 9.18 Å². The predicted octanol–water partition coefficient (Wildman–Crippen LogP) is 4.68. The van der Waals surface area contributed by atoms with E-state index < -0.39 is 5.82 Å². The van der Waals surface area contributed by atoms with E-state index in [2.05, 4.69) is 5.92 Å². The highest BCUT2D eigenvalue weighted by Gasteiger charge is 2.21. The number of hydrogen-bond acceptors (Lipinski definition) is 2. The summed E-state index contributed by atoms with van der Waals surface area (Å²) < 4.78 is 19.6. The monoisotopic (exact) mass is 325 g/mol. The van der Waals surface area contributed by atoms with Gasteiger partial charge in [-0.25, -0.2) is 9.18 Å². The molecule has 1 aliphatic heterocycles. The molecular formula is C20H20FNO2. The quantitative estimate of drug-likeness (QED) is 0.750. The molecule has 24 heavy (non-hydrogen) atoms. The summed E-state index contributed by atoms with van der Waals surface area (Å²) in [7, 11) is 0. The fourth-order valence-corrected chi connectivity index (χ4v) is 3.17. The fraction of sp³-hybridized carbons (Fsp3) is 0.350. The molecule has 0 N–H and O–H groups in total. The van der Waals surface area contributed by atoms with Crippen LogP contribution in [0.1, 0.15) is 43.7 Å². The van der Waals surface area contributed by atoms with Crippen LogP contribution in [0.3, 0.4) is 0 Å². The first-order valence-electron chi connectivity index (χ1n) is 8.20. The lowest BCUT2D eigenvalue weighted by Crippen LogP contribution is -2.30. The maximum atomic E-state index is 14.0. The van der Waals surface area contributed by atoms with Crippen LogP contribution in [-0.4, -0.2) is 24.1 Å². The Morgan fingerprint density at radius 1 is 1.29 bits per heavy atom. The van der Waals surface area contributed by atoms with Crippen LogP contribution < -0.4 is 4.74 Å². The van der Waals surface area contributed by atoms with Gasteiger partial charge in [-0.05, 0) is 47.9 Å². The van der Waals surface area contributed by atoms with E-state index in [1.165, 1.54) is 6.07 Å². The standard InChI is InChI=1S/C20H20FNO2/c1-4-16-18(21)8-7-14-11-15(12-17(13(2)3)19(14)16)24-20(23)22-9-5-6-10-22/h1,7-8,11-13H,5-6,9-10H2,2-3H3. The van der Waals surface area contributed by atoms with E-state index >= 15 is 0 Å². The van der Waals surface area contributed by atoms with Gasteiger partial charge in [-0.15, -0.1) is 6.42 Å². The number of carbonyl (C=O) groups excluding carboxylic acids is 1. The molecule has 3 nitrogen and oxygen atoms in total. The van der Waals surface area contributed by atoms with Gasteiger partial charge in [-0.1, -0.05) is 25.8 Å². The average Bonchev–Trinajstić information content (AvgIpc) is 3.09. The first-order valence-corrected chi connectivity index (χ1v) is 8.20. The number of terminal acetylenes is 1. The van der Waals surface area contributed by atoms with E-state index in [0.717, 1.165) is 36.9 Å². The molecule has 0 aromatic heterocycles. The summed E-state index contributed by atoms with van der Waals surface area (Å²) in [5, 5.41) is 1.49. The summed E-state index contributed by atoms with van der Waals surface area (Å²) in [5.74, 6) is 2.63. The van der Waals surface area contributed by atoms with E-state index in [1.807, 2.05) is 13.8 Å². The Kier molecular flexibility index (Phi) is 4.44. The number of hydrogen-bond donors (Lipinski definition) is 0. The lowest BCUT2D eigenvalue weighted by atomic mass is 9.92. The van der Waals surface area contributed by atoms with E-state index in [4.69, 9.17) is 11.2 Å². The minimum absolute atomic E-state index is 0.117. The fourth-order valence-electron chi connectivity index (χ4n) is 3.17. The van der Waals surface area contributed by atoms with Crippen molar-refractivity contribution in [3.8, 4) is 18.1 Å². The van der Waals surface area contributed by atoms with Gasteiger partial charge in [0.2, 0.25) is 0 Å². The third kappa shape index (κ3) is 2.94. The zero-order chi connectivity index (χ0) is 17.3. The number of halogens is 1. The van der Waals surface area contributed by atoms with Crippen LogP contribution >= 0.6 is 0 Å². The van der Waals surface area contributed by atoms with E-state index in [9.17, 15) is 9.18 Å². The Bertz CT molecular complexity index is 830. The molecule has 0 aliphatic carbocycles. The van der Waals surface area contributed by atoms with Crippen LogP contribution in [0.25, 0.3) is 10.8 Å². The van der Waals surface area contributed by atoms with Crippen LogP contribution in [-0.2, 0) is 0 Å².